The van der Waals surface area contributed by atoms with Crippen molar-refractivity contribution >= 4 is 17.6 Å². The number of benzene rings is 1. The first-order chi connectivity index (χ1) is 8.54. The van der Waals surface area contributed by atoms with Gasteiger partial charge in [0.25, 0.3) is 0 Å². The predicted octanol–water partition coefficient (Wildman–Crippen LogP) is 2.82. The van der Waals surface area contributed by atoms with E-state index in [0.29, 0.717) is 11.4 Å². The van der Waals surface area contributed by atoms with Crippen molar-refractivity contribution in [3.05, 3.63) is 34.9 Å². The van der Waals surface area contributed by atoms with Crippen molar-refractivity contribution in [3.8, 4) is 0 Å². The Balaban J connectivity index is 2.26. The average molecular weight is 268 g/mol. The van der Waals surface area contributed by atoms with Crippen LogP contribution < -0.4 is 0 Å². The van der Waals surface area contributed by atoms with Crippen molar-refractivity contribution in [3.63, 3.8) is 0 Å². The van der Waals surface area contributed by atoms with Gasteiger partial charge in [0, 0.05) is 11.4 Å². The Labute approximate surface area is 112 Å². The highest BCUT2D eigenvalue weighted by Crippen LogP contribution is 2.28. The van der Waals surface area contributed by atoms with Crippen LogP contribution in [0.5, 0.6) is 0 Å². The first kappa shape index (κ1) is 13.4. The van der Waals surface area contributed by atoms with Crippen molar-refractivity contribution in [2.45, 2.75) is 31.7 Å². The monoisotopic (exact) mass is 267 g/mol. The van der Waals surface area contributed by atoms with E-state index in [4.69, 9.17) is 11.6 Å². The van der Waals surface area contributed by atoms with Gasteiger partial charge in [-0.25, -0.2) is 0 Å². The minimum atomic E-state index is -0.860. The number of carbonyl (C=O) groups is 1. The maximum Gasteiger partial charge on any atom is 0.324 e. The van der Waals surface area contributed by atoms with E-state index in [1.165, 1.54) is 0 Å². The molecule has 1 heterocycles. The summed E-state index contributed by atoms with van der Waals surface area (Å²) < 4.78 is 0. The Kier molecular flexibility index (Phi) is 3.93. The summed E-state index contributed by atoms with van der Waals surface area (Å²) in [5.41, 5.74) is 0.0394. The third-order valence-electron chi connectivity index (χ3n) is 3.76. The molecule has 98 valence electrons. The standard InChI is InChI=1S/C14H18ClNO2/c1-14(13(17)18,16-8-4-5-9-16)10-11-6-2-3-7-12(11)15/h2-3,6-7H,4-5,8-10H2,1H3,(H,17,18). The molecular weight excluding hydrogens is 250 g/mol. The number of aliphatic carboxylic acids is 1. The van der Waals surface area contributed by atoms with Crippen LogP contribution in [0.25, 0.3) is 0 Å². The number of hydrogen-bond acceptors (Lipinski definition) is 2. The lowest BCUT2D eigenvalue weighted by atomic mass is 9.91. The molecule has 0 amide bonds. The summed E-state index contributed by atoms with van der Waals surface area (Å²) in [5, 5.41) is 10.2. The second-order valence-electron chi connectivity index (χ2n) is 5.04. The number of carboxylic acid groups (broad SMARTS) is 1. The molecule has 1 aromatic carbocycles. The molecular formula is C14H18ClNO2. The molecule has 1 atom stereocenters. The number of halogens is 1. The molecule has 0 bridgehead atoms. The van der Waals surface area contributed by atoms with E-state index < -0.39 is 11.5 Å². The molecule has 1 unspecified atom stereocenters. The summed E-state index contributed by atoms with van der Waals surface area (Å²) in [6.07, 6.45) is 2.60. The first-order valence-electron chi connectivity index (χ1n) is 6.26. The fourth-order valence-corrected chi connectivity index (χ4v) is 2.75. The van der Waals surface area contributed by atoms with Crippen LogP contribution in [0, 0.1) is 0 Å². The molecule has 1 N–H and O–H groups in total. The van der Waals surface area contributed by atoms with Crippen LogP contribution in [0.15, 0.2) is 24.3 Å². The van der Waals surface area contributed by atoms with Gasteiger partial charge in [-0.2, -0.15) is 0 Å². The lowest BCUT2D eigenvalue weighted by Gasteiger charge is -2.35. The number of likely N-dealkylation sites (tertiary alicyclic amines) is 1. The van der Waals surface area contributed by atoms with Crippen LogP contribution in [0.4, 0.5) is 0 Å². The Morgan fingerprint density at radius 1 is 1.39 bits per heavy atom. The van der Waals surface area contributed by atoms with Gasteiger partial charge < -0.3 is 5.11 Å². The van der Waals surface area contributed by atoms with Gasteiger partial charge in [-0.1, -0.05) is 29.8 Å². The van der Waals surface area contributed by atoms with E-state index in [1.54, 1.807) is 6.92 Å². The van der Waals surface area contributed by atoms with Crippen molar-refractivity contribution in [1.29, 1.82) is 0 Å². The zero-order valence-electron chi connectivity index (χ0n) is 10.5. The zero-order chi connectivity index (χ0) is 13.2. The second-order valence-corrected chi connectivity index (χ2v) is 5.45. The average Bonchev–Trinajstić information content (AvgIpc) is 2.86. The third kappa shape index (κ3) is 2.52. The van der Waals surface area contributed by atoms with Crippen LogP contribution in [0.1, 0.15) is 25.3 Å². The van der Waals surface area contributed by atoms with E-state index >= 15 is 0 Å². The molecule has 1 saturated heterocycles. The Morgan fingerprint density at radius 2 is 2.00 bits per heavy atom. The minimum Gasteiger partial charge on any atom is -0.480 e. The Morgan fingerprint density at radius 3 is 2.56 bits per heavy atom. The molecule has 1 fully saturated rings. The number of rotatable bonds is 4. The highest BCUT2D eigenvalue weighted by atomic mass is 35.5. The van der Waals surface area contributed by atoms with Gasteiger partial charge in [0.1, 0.15) is 5.54 Å². The van der Waals surface area contributed by atoms with E-state index in [-0.39, 0.29) is 0 Å². The summed E-state index contributed by atoms with van der Waals surface area (Å²) in [7, 11) is 0. The molecule has 0 aliphatic carbocycles. The molecule has 1 aliphatic heterocycles. The molecule has 0 aromatic heterocycles. The van der Waals surface area contributed by atoms with Gasteiger partial charge in [-0.05, 0) is 44.5 Å². The van der Waals surface area contributed by atoms with Crippen LogP contribution in [0.2, 0.25) is 5.02 Å². The van der Waals surface area contributed by atoms with Crippen molar-refractivity contribution < 1.29 is 9.90 Å². The summed E-state index contributed by atoms with van der Waals surface area (Å²) in [5.74, 6) is -0.774. The summed E-state index contributed by atoms with van der Waals surface area (Å²) >= 11 is 6.13. The molecule has 2 rings (SSSR count). The zero-order valence-corrected chi connectivity index (χ0v) is 11.3. The van der Waals surface area contributed by atoms with Crippen molar-refractivity contribution in [2.75, 3.05) is 13.1 Å². The molecule has 0 spiro atoms. The van der Waals surface area contributed by atoms with E-state index in [1.807, 2.05) is 24.3 Å². The second kappa shape index (κ2) is 5.29. The molecule has 1 aromatic rings. The van der Waals surface area contributed by atoms with Crippen molar-refractivity contribution in [1.82, 2.24) is 4.90 Å². The number of carboxylic acids is 1. The van der Waals surface area contributed by atoms with Crippen LogP contribution >= 0.6 is 11.6 Å². The topological polar surface area (TPSA) is 40.5 Å². The SMILES string of the molecule is CC(Cc1ccccc1Cl)(C(=O)O)N1CCCC1. The fraction of sp³-hybridized carbons (Fsp3) is 0.500. The highest BCUT2D eigenvalue weighted by Gasteiger charge is 2.41. The maximum absolute atomic E-state index is 11.6. The highest BCUT2D eigenvalue weighted by molar-refractivity contribution is 6.31. The number of nitrogens with zero attached hydrogens (tertiary/aromatic N) is 1. The van der Waals surface area contributed by atoms with Gasteiger partial charge in [0.2, 0.25) is 0 Å². The van der Waals surface area contributed by atoms with Gasteiger partial charge in [0.15, 0.2) is 0 Å². The Hall–Kier alpha value is -1.06. The molecule has 1 aliphatic rings. The molecule has 3 nitrogen and oxygen atoms in total. The first-order valence-corrected chi connectivity index (χ1v) is 6.64. The number of hydrogen-bond donors (Lipinski definition) is 1. The van der Waals surface area contributed by atoms with Gasteiger partial charge >= 0.3 is 5.97 Å². The normalized spacial score (nSPS) is 19.7. The Bertz CT molecular complexity index is 443. The van der Waals surface area contributed by atoms with E-state index in [0.717, 1.165) is 31.5 Å². The van der Waals surface area contributed by atoms with E-state index in [9.17, 15) is 9.90 Å². The molecule has 0 radical (unpaired) electrons. The fourth-order valence-electron chi connectivity index (χ4n) is 2.55. The van der Waals surface area contributed by atoms with Crippen molar-refractivity contribution in [2.24, 2.45) is 0 Å². The van der Waals surface area contributed by atoms with Crippen LogP contribution in [0.3, 0.4) is 0 Å². The predicted molar refractivity (Wildman–Crippen MR) is 72.0 cm³/mol. The minimum absolute atomic E-state index is 0.446. The van der Waals surface area contributed by atoms with Gasteiger partial charge in [-0.3, -0.25) is 9.69 Å². The molecule has 18 heavy (non-hydrogen) atoms. The van der Waals surface area contributed by atoms with Gasteiger partial charge in [-0.15, -0.1) is 0 Å². The van der Waals surface area contributed by atoms with E-state index in [2.05, 4.69) is 4.90 Å². The lowest BCUT2D eigenvalue weighted by Crippen LogP contribution is -2.52. The molecule has 4 heteroatoms. The quantitative estimate of drug-likeness (QED) is 0.912. The summed E-state index contributed by atoms with van der Waals surface area (Å²) in [4.78, 5) is 13.7. The lowest BCUT2D eigenvalue weighted by molar-refractivity contribution is -0.149. The largest absolute Gasteiger partial charge is 0.480 e. The summed E-state index contributed by atoms with van der Waals surface area (Å²) in [6, 6.07) is 7.47. The maximum atomic E-state index is 11.6. The van der Waals surface area contributed by atoms with Crippen LogP contribution in [-0.2, 0) is 11.2 Å². The third-order valence-corrected chi connectivity index (χ3v) is 4.13. The summed E-state index contributed by atoms with van der Waals surface area (Å²) in [6.45, 7) is 3.50. The molecule has 0 saturated carbocycles. The van der Waals surface area contributed by atoms with Gasteiger partial charge in [0.05, 0.1) is 0 Å². The smallest absolute Gasteiger partial charge is 0.324 e. The van der Waals surface area contributed by atoms with Crippen LogP contribution in [-0.4, -0.2) is 34.6 Å².